The van der Waals surface area contributed by atoms with Crippen molar-refractivity contribution in [2.45, 2.75) is 39.7 Å². The highest BCUT2D eigenvalue weighted by Gasteiger charge is 2.28. The number of rotatable bonds is 3. The molecule has 2 aromatic rings. The van der Waals surface area contributed by atoms with Crippen LogP contribution in [0.25, 0.3) is 10.9 Å². The van der Waals surface area contributed by atoms with Crippen LogP contribution in [0.3, 0.4) is 0 Å². The molecular formula is C18H24N2O. The van der Waals surface area contributed by atoms with E-state index in [9.17, 15) is 4.79 Å². The molecule has 0 saturated carbocycles. The zero-order valence-electron chi connectivity index (χ0n) is 13.2. The van der Waals surface area contributed by atoms with Gasteiger partial charge in [-0.15, -0.1) is 0 Å². The average molecular weight is 284 g/mol. The Balaban J connectivity index is 1.95. The van der Waals surface area contributed by atoms with Gasteiger partial charge in [-0.25, -0.2) is 0 Å². The van der Waals surface area contributed by atoms with E-state index in [-0.39, 0.29) is 5.92 Å². The second-order valence-corrected chi connectivity index (χ2v) is 6.02. The van der Waals surface area contributed by atoms with E-state index in [1.807, 2.05) is 0 Å². The minimum absolute atomic E-state index is 0.182. The molecule has 3 nitrogen and oxygen atoms in total. The molecule has 0 unspecified atom stereocenters. The summed E-state index contributed by atoms with van der Waals surface area (Å²) in [4.78, 5) is 14.7. The second-order valence-electron chi connectivity index (χ2n) is 6.02. The monoisotopic (exact) mass is 284 g/mol. The van der Waals surface area contributed by atoms with Gasteiger partial charge < -0.3 is 9.47 Å². The lowest BCUT2D eigenvalue weighted by Gasteiger charge is -2.30. The van der Waals surface area contributed by atoms with Crippen molar-refractivity contribution in [3.05, 3.63) is 35.5 Å². The van der Waals surface area contributed by atoms with Gasteiger partial charge in [-0.3, -0.25) is 4.79 Å². The zero-order valence-corrected chi connectivity index (χ0v) is 13.2. The highest BCUT2D eigenvalue weighted by molar-refractivity contribution is 5.87. The smallest absolute Gasteiger partial charge is 0.225 e. The normalized spacial score (nSPS) is 14.8. The van der Waals surface area contributed by atoms with Gasteiger partial charge in [0.25, 0.3) is 0 Å². The molecule has 3 rings (SSSR count). The molecule has 0 fully saturated rings. The minimum atomic E-state index is 0.182. The van der Waals surface area contributed by atoms with Gasteiger partial charge in [0.1, 0.15) is 0 Å². The van der Waals surface area contributed by atoms with Crippen LogP contribution in [0.5, 0.6) is 0 Å². The maximum absolute atomic E-state index is 12.6. The van der Waals surface area contributed by atoms with Gasteiger partial charge in [0, 0.05) is 54.6 Å². The summed E-state index contributed by atoms with van der Waals surface area (Å²) in [6.07, 6.45) is 2.84. The standard InChI is InChI=1S/C18H24N2O/c1-4-13(5-2)18(21)20-11-10-17-15(12-20)14-8-6-7-9-16(14)19(17)3/h6-9,13H,4-5,10-12H2,1-3H3. The number of hydrogen-bond acceptors (Lipinski definition) is 1. The van der Waals surface area contributed by atoms with Crippen molar-refractivity contribution in [2.24, 2.45) is 13.0 Å². The number of carbonyl (C=O) groups is 1. The zero-order chi connectivity index (χ0) is 15.0. The molecule has 0 saturated heterocycles. The van der Waals surface area contributed by atoms with Crippen molar-refractivity contribution in [2.75, 3.05) is 6.54 Å². The minimum Gasteiger partial charge on any atom is -0.347 e. The third-order valence-electron chi connectivity index (χ3n) is 4.96. The highest BCUT2D eigenvalue weighted by atomic mass is 16.2. The third-order valence-corrected chi connectivity index (χ3v) is 4.96. The van der Waals surface area contributed by atoms with Crippen molar-refractivity contribution in [3.63, 3.8) is 0 Å². The molecule has 0 spiro atoms. The topological polar surface area (TPSA) is 25.2 Å². The summed E-state index contributed by atoms with van der Waals surface area (Å²) in [5.41, 5.74) is 4.02. The Bertz CT molecular complexity index is 667. The van der Waals surface area contributed by atoms with E-state index in [0.717, 1.165) is 32.4 Å². The summed E-state index contributed by atoms with van der Waals surface area (Å²) < 4.78 is 2.30. The van der Waals surface area contributed by atoms with Crippen molar-refractivity contribution >= 4 is 16.8 Å². The van der Waals surface area contributed by atoms with Gasteiger partial charge >= 0.3 is 0 Å². The number of amides is 1. The van der Waals surface area contributed by atoms with Crippen molar-refractivity contribution in [1.29, 1.82) is 0 Å². The fourth-order valence-corrected chi connectivity index (χ4v) is 3.61. The molecule has 112 valence electrons. The predicted octanol–water partition coefficient (Wildman–Crippen LogP) is 3.50. The lowest BCUT2D eigenvalue weighted by Crippen LogP contribution is -2.39. The summed E-state index contributed by atoms with van der Waals surface area (Å²) in [5, 5.41) is 1.30. The summed E-state index contributed by atoms with van der Waals surface area (Å²) in [7, 11) is 2.14. The Labute approximate surface area is 126 Å². The number of aryl methyl sites for hydroxylation is 1. The first-order valence-electron chi connectivity index (χ1n) is 8.01. The highest BCUT2D eigenvalue weighted by Crippen LogP contribution is 2.30. The van der Waals surface area contributed by atoms with Crippen LogP contribution in [-0.2, 0) is 24.8 Å². The summed E-state index contributed by atoms with van der Waals surface area (Å²) in [6.45, 7) is 5.84. The van der Waals surface area contributed by atoms with E-state index in [2.05, 4.69) is 54.6 Å². The van der Waals surface area contributed by atoms with Gasteiger partial charge in [-0.2, -0.15) is 0 Å². The molecule has 0 atom stereocenters. The van der Waals surface area contributed by atoms with E-state index in [0.29, 0.717) is 5.91 Å². The summed E-state index contributed by atoms with van der Waals surface area (Å²) >= 11 is 0. The maximum atomic E-state index is 12.6. The molecule has 3 heteroatoms. The van der Waals surface area contributed by atoms with Gasteiger partial charge in [0.05, 0.1) is 0 Å². The van der Waals surface area contributed by atoms with Crippen LogP contribution in [-0.4, -0.2) is 21.9 Å². The van der Waals surface area contributed by atoms with E-state index in [1.165, 1.54) is 22.2 Å². The van der Waals surface area contributed by atoms with Crippen LogP contribution >= 0.6 is 0 Å². The van der Waals surface area contributed by atoms with E-state index in [4.69, 9.17) is 0 Å². The Morgan fingerprint density at radius 2 is 1.95 bits per heavy atom. The molecular weight excluding hydrogens is 260 g/mol. The number of hydrogen-bond donors (Lipinski definition) is 0. The SMILES string of the molecule is CCC(CC)C(=O)N1CCc2c(c3ccccc3n2C)C1. The predicted molar refractivity (Wildman–Crippen MR) is 86.1 cm³/mol. The van der Waals surface area contributed by atoms with Crippen LogP contribution < -0.4 is 0 Å². The van der Waals surface area contributed by atoms with E-state index in [1.54, 1.807) is 0 Å². The Hall–Kier alpha value is -1.77. The Kier molecular flexibility index (Phi) is 3.75. The first-order chi connectivity index (χ1) is 10.2. The van der Waals surface area contributed by atoms with Crippen LogP contribution in [0.1, 0.15) is 37.9 Å². The molecule has 2 heterocycles. The largest absolute Gasteiger partial charge is 0.347 e. The first kappa shape index (κ1) is 14.2. The number of para-hydroxylation sites is 1. The lowest BCUT2D eigenvalue weighted by atomic mass is 9.98. The summed E-state index contributed by atoms with van der Waals surface area (Å²) in [6, 6.07) is 8.52. The first-order valence-corrected chi connectivity index (χ1v) is 8.01. The molecule has 1 aliphatic rings. The fourth-order valence-electron chi connectivity index (χ4n) is 3.61. The Morgan fingerprint density at radius 1 is 1.24 bits per heavy atom. The van der Waals surface area contributed by atoms with Crippen molar-refractivity contribution in [3.8, 4) is 0 Å². The molecule has 1 amide bonds. The number of carbonyl (C=O) groups excluding carboxylic acids is 1. The molecule has 1 aliphatic heterocycles. The number of nitrogens with zero attached hydrogens (tertiary/aromatic N) is 2. The third kappa shape index (κ3) is 2.25. The van der Waals surface area contributed by atoms with Crippen LogP contribution in [0.2, 0.25) is 0 Å². The molecule has 1 aromatic heterocycles. The second kappa shape index (κ2) is 5.55. The molecule has 0 aliphatic carbocycles. The quantitative estimate of drug-likeness (QED) is 0.847. The fraction of sp³-hybridized carbons (Fsp3) is 0.500. The lowest BCUT2D eigenvalue weighted by molar-refractivity contribution is -0.136. The maximum Gasteiger partial charge on any atom is 0.225 e. The van der Waals surface area contributed by atoms with Crippen LogP contribution in [0.4, 0.5) is 0 Å². The van der Waals surface area contributed by atoms with Crippen molar-refractivity contribution < 1.29 is 4.79 Å². The number of fused-ring (bicyclic) bond motifs is 3. The summed E-state index contributed by atoms with van der Waals surface area (Å²) in [5.74, 6) is 0.514. The molecule has 0 bridgehead atoms. The average Bonchev–Trinajstić information content (AvgIpc) is 2.81. The van der Waals surface area contributed by atoms with E-state index < -0.39 is 0 Å². The van der Waals surface area contributed by atoms with Crippen molar-refractivity contribution in [1.82, 2.24) is 9.47 Å². The number of benzene rings is 1. The van der Waals surface area contributed by atoms with Crippen LogP contribution in [0.15, 0.2) is 24.3 Å². The molecule has 1 aromatic carbocycles. The van der Waals surface area contributed by atoms with Gasteiger partial charge in [0.2, 0.25) is 5.91 Å². The van der Waals surface area contributed by atoms with Gasteiger partial charge in [-0.1, -0.05) is 32.0 Å². The van der Waals surface area contributed by atoms with E-state index >= 15 is 0 Å². The van der Waals surface area contributed by atoms with Gasteiger partial charge in [0.15, 0.2) is 0 Å². The molecule has 0 N–H and O–H groups in total. The Morgan fingerprint density at radius 3 is 2.67 bits per heavy atom. The molecule has 21 heavy (non-hydrogen) atoms. The van der Waals surface area contributed by atoms with Crippen LogP contribution in [0, 0.1) is 5.92 Å². The molecule has 0 radical (unpaired) electrons. The number of aromatic nitrogens is 1. The van der Waals surface area contributed by atoms with Gasteiger partial charge in [-0.05, 0) is 18.9 Å².